The number of hydrogen-bond donors (Lipinski definition) is 2. The molecule has 0 spiro atoms. The van der Waals surface area contributed by atoms with Crippen LogP contribution < -0.4 is 5.32 Å². The summed E-state index contributed by atoms with van der Waals surface area (Å²) in [6.07, 6.45) is 0. The van der Waals surface area contributed by atoms with Gasteiger partial charge in [-0.2, -0.15) is 0 Å². The number of aliphatic hydroxyl groups excluding tert-OH is 1. The maximum absolute atomic E-state index is 12.3. The monoisotopic (exact) mass is 298 g/mol. The molecule has 4 heteroatoms. The van der Waals surface area contributed by atoms with Crippen LogP contribution in [0.1, 0.15) is 27.5 Å². The van der Waals surface area contributed by atoms with Crippen molar-refractivity contribution in [2.24, 2.45) is 0 Å². The fraction of sp³-hybridized carbons (Fsp3) is 0.278. The smallest absolute Gasteiger partial charge is 0.251 e. The molecule has 0 fully saturated rings. The van der Waals surface area contributed by atoms with Gasteiger partial charge >= 0.3 is 0 Å². The van der Waals surface area contributed by atoms with Crippen LogP contribution in [0.3, 0.4) is 0 Å². The third-order valence-corrected chi connectivity index (χ3v) is 3.40. The van der Waals surface area contributed by atoms with Gasteiger partial charge in [-0.3, -0.25) is 4.79 Å². The van der Waals surface area contributed by atoms with E-state index in [0.29, 0.717) is 5.56 Å². The summed E-state index contributed by atoms with van der Waals surface area (Å²) in [7, 11) is 4.01. The predicted octanol–water partition coefficient (Wildman–Crippen LogP) is 2.21. The highest BCUT2D eigenvalue weighted by molar-refractivity contribution is 5.94. The minimum atomic E-state index is -0.393. The number of hydrogen-bond acceptors (Lipinski definition) is 3. The van der Waals surface area contributed by atoms with Crippen molar-refractivity contribution < 1.29 is 9.90 Å². The summed E-state index contributed by atoms with van der Waals surface area (Å²) >= 11 is 0. The molecule has 0 bridgehead atoms. The summed E-state index contributed by atoms with van der Waals surface area (Å²) in [4.78, 5) is 14.4. The Morgan fingerprint density at radius 3 is 2.27 bits per heavy atom. The number of rotatable bonds is 6. The third-order valence-electron chi connectivity index (χ3n) is 3.40. The van der Waals surface area contributed by atoms with Crippen molar-refractivity contribution in [1.82, 2.24) is 10.2 Å². The number of carbonyl (C=O) groups is 1. The molecule has 0 unspecified atom stereocenters. The molecule has 0 aliphatic carbocycles. The zero-order chi connectivity index (χ0) is 15.9. The lowest BCUT2D eigenvalue weighted by atomic mass is 10.1. The van der Waals surface area contributed by atoms with Crippen LogP contribution in [0.5, 0.6) is 0 Å². The Balaban J connectivity index is 2.04. The highest BCUT2D eigenvalue weighted by atomic mass is 16.3. The van der Waals surface area contributed by atoms with Crippen LogP contribution in [0, 0.1) is 0 Å². The molecule has 0 saturated heterocycles. The summed E-state index contributed by atoms with van der Waals surface area (Å²) in [6.45, 7) is 0.708. The fourth-order valence-corrected chi connectivity index (χ4v) is 2.29. The van der Waals surface area contributed by atoms with Gasteiger partial charge < -0.3 is 15.3 Å². The molecule has 0 aliphatic rings. The second-order valence-corrected chi connectivity index (χ2v) is 5.55. The van der Waals surface area contributed by atoms with Crippen molar-refractivity contribution in [2.45, 2.75) is 12.6 Å². The highest BCUT2D eigenvalue weighted by Crippen LogP contribution is 2.13. The first-order valence-corrected chi connectivity index (χ1v) is 7.30. The molecule has 22 heavy (non-hydrogen) atoms. The van der Waals surface area contributed by atoms with E-state index in [1.54, 1.807) is 0 Å². The van der Waals surface area contributed by atoms with Crippen LogP contribution in [0.2, 0.25) is 0 Å². The molecule has 0 saturated carbocycles. The molecule has 0 aliphatic heterocycles. The van der Waals surface area contributed by atoms with Crippen molar-refractivity contribution in [1.29, 1.82) is 0 Å². The molecule has 1 atom stereocenters. The van der Waals surface area contributed by atoms with E-state index in [2.05, 4.69) is 10.2 Å². The first-order valence-electron chi connectivity index (χ1n) is 7.30. The van der Waals surface area contributed by atoms with Crippen molar-refractivity contribution >= 4 is 5.91 Å². The SMILES string of the molecule is CN(C)Cc1ccc(C(=O)N[C@H](CO)c2ccccc2)cc1. The van der Waals surface area contributed by atoms with Crippen LogP contribution in [0.4, 0.5) is 0 Å². The van der Waals surface area contributed by atoms with Crippen molar-refractivity contribution in [3.63, 3.8) is 0 Å². The van der Waals surface area contributed by atoms with Crippen LogP contribution >= 0.6 is 0 Å². The van der Waals surface area contributed by atoms with Gasteiger partial charge in [0, 0.05) is 12.1 Å². The van der Waals surface area contributed by atoms with E-state index in [0.717, 1.165) is 17.7 Å². The second kappa shape index (κ2) is 7.73. The summed E-state index contributed by atoms with van der Waals surface area (Å²) in [5, 5.41) is 12.4. The first-order chi connectivity index (χ1) is 10.6. The number of amides is 1. The lowest BCUT2D eigenvalue weighted by Gasteiger charge is -2.17. The Morgan fingerprint density at radius 2 is 1.73 bits per heavy atom. The quantitative estimate of drug-likeness (QED) is 0.860. The summed E-state index contributed by atoms with van der Waals surface area (Å²) < 4.78 is 0. The molecular formula is C18H22N2O2. The van der Waals surface area contributed by atoms with Crippen LogP contribution in [-0.2, 0) is 6.54 Å². The van der Waals surface area contributed by atoms with Gasteiger partial charge in [-0.05, 0) is 37.4 Å². The molecule has 2 N–H and O–H groups in total. The summed E-state index contributed by atoms with van der Waals surface area (Å²) in [6, 6.07) is 16.6. The van der Waals surface area contributed by atoms with Crippen molar-refractivity contribution in [2.75, 3.05) is 20.7 Å². The normalized spacial score (nSPS) is 12.2. The Morgan fingerprint density at radius 1 is 1.09 bits per heavy atom. The summed E-state index contributed by atoms with van der Waals surface area (Å²) in [5.41, 5.74) is 2.64. The lowest BCUT2D eigenvalue weighted by molar-refractivity contribution is 0.0916. The average Bonchev–Trinajstić information content (AvgIpc) is 2.53. The average molecular weight is 298 g/mol. The van der Waals surface area contributed by atoms with Crippen molar-refractivity contribution in [3.8, 4) is 0 Å². The number of aliphatic hydroxyl groups is 1. The Labute approximate surface area is 131 Å². The number of benzene rings is 2. The predicted molar refractivity (Wildman–Crippen MR) is 87.6 cm³/mol. The van der Waals surface area contributed by atoms with E-state index in [9.17, 15) is 9.90 Å². The molecule has 2 aromatic carbocycles. The molecule has 0 aromatic heterocycles. The molecule has 0 radical (unpaired) electrons. The van der Waals surface area contributed by atoms with E-state index >= 15 is 0 Å². The highest BCUT2D eigenvalue weighted by Gasteiger charge is 2.14. The zero-order valence-corrected chi connectivity index (χ0v) is 13.0. The van der Waals surface area contributed by atoms with Gasteiger partial charge in [0.1, 0.15) is 0 Å². The molecule has 1 amide bonds. The van der Waals surface area contributed by atoms with E-state index in [-0.39, 0.29) is 12.5 Å². The van der Waals surface area contributed by atoms with E-state index < -0.39 is 6.04 Å². The van der Waals surface area contributed by atoms with Crippen molar-refractivity contribution in [3.05, 3.63) is 71.3 Å². The largest absolute Gasteiger partial charge is 0.394 e. The van der Waals surface area contributed by atoms with Gasteiger partial charge in [-0.15, -0.1) is 0 Å². The van der Waals surface area contributed by atoms with Crippen LogP contribution in [0.25, 0.3) is 0 Å². The summed E-state index contributed by atoms with van der Waals surface area (Å²) in [5.74, 6) is -0.181. The van der Waals surface area contributed by atoms with Gasteiger partial charge in [0.05, 0.1) is 12.6 Å². The Kier molecular flexibility index (Phi) is 5.69. The number of carbonyl (C=O) groups excluding carboxylic acids is 1. The van der Waals surface area contributed by atoms with Gasteiger partial charge in [-0.1, -0.05) is 42.5 Å². The molecule has 2 aromatic rings. The molecule has 0 heterocycles. The lowest BCUT2D eigenvalue weighted by Crippen LogP contribution is -2.30. The molecule has 116 valence electrons. The number of nitrogens with one attached hydrogen (secondary N) is 1. The maximum Gasteiger partial charge on any atom is 0.251 e. The van der Waals surface area contributed by atoms with E-state index in [1.165, 1.54) is 0 Å². The van der Waals surface area contributed by atoms with Gasteiger partial charge in [0.2, 0.25) is 0 Å². The third kappa shape index (κ3) is 4.41. The molecular weight excluding hydrogens is 276 g/mol. The first kappa shape index (κ1) is 16.2. The minimum absolute atomic E-state index is 0.130. The van der Waals surface area contributed by atoms with Crippen LogP contribution in [0.15, 0.2) is 54.6 Å². The standard InChI is InChI=1S/C18H22N2O2/c1-20(2)12-14-8-10-16(11-9-14)18(22)19-17(13-21)15-6-4-3-5-7-15/h3-11,17,21H,12-13H2,1-2H3,(H,19,22)/t17-/m1/s1. The van der Waals surface area contributed by atoms with Crippen LogP contribution in [-0.4, -0.2) is 36.6 Å². The number of nitrogens with zero attached hydrogens (tertiary/aromatic N) is 1. The maximum atomic E-state index is 12.3. The van der Waals surface area contributed by atoms with Gasteiger partial charge in [-0.25, -0.2) is 0 Å². The topological polar surface area (TPSA) is 52.6 Å². The molecule has 2 rings (SSSR count). The Hall–Kier alpha value is -2.17. The Bertz CT molecular complexity index is 594. The zero-order valence-electron chi connectivity index (χ0n) is 13.0. The minimum Gasteiger partial charge on any atom is -0.394 e. The van der Waals surface area contributed by atoms with E-state index in [4.69, 9.17) is 0 Å². The second-order valence-electron chi connectivity index (χ2n) is 5.55. The fourth-order valence-electron chi connectivity index (χ4n) is 2.29. The van der Waals surface area contributed by atoms with Gasteiger partial charge in [0.15, 0.2) is 0 Å². The molecule has 4 nitrogen and oxygen atoms in total. The van der Waals surface area contributed by atoms with E-state index in [1.807, 2.05) is 68.7 Å². The van der Waals surface area contributed by atoms with Gasteiger partial charge in [0.25, 0.3) is 5.91 Å².